The van der Waals surface area contributed by atoms with Gasteiger partial charge in [-0.05, 0) is 31.5 Å². The highest BCUT2D eigenvalue weighted by Gasteiger charge is 2.18. The van der Waals surface area contributed by atoms with Crippen molar-refractivity contribution in [3.63, 3.8) is 0 Å². The quantitative estimate of drug-likeness (QED) is 0.555. The molecule has 1 atom stereocenters. The van der Waals surface area contributed by atoms with Crippen LogP contribution in [0.25, 0.3) is 0 Å². The van der Waals surface area contributed by atoms with E-state index in [4.69, 9.17) is 9.47 Å². The lowest BCUT2D eigenvalue weighted by Crippen LogP contribution is -2.35. The third-order valence-electron chi connectivity index (χ3n) is 3.00. The summed E-state index contributed by atoms with van der Waals surface area (Å²) in [4.78, 5) is 10.7. The van der Waals surface area contributed by atoms with Crippen LogP contribution >= 0.6 is 0 Å². The normalized spacial score (nSPS) is 12.2. The van der Waals surface area contributed by atoms with Crippen LogP contribution < -0.4 is 10.1 Å². The maximum absolute atomic E-state index is 11.1. The van der Waals surface area contributed by atoms with Gasteiger partial charge in [0.25, 0.3) is 5.69 Å². The van der Waals surface area contributed by atoms with Crippen molar-refractivity contribution in [2.45, 2.75) is 25.8 Å². The number of rotatable bonds is 9. The Morgan fingerprint density at radius 1 is 1.40 bits per heavy atom. The van der Waals surface area contributed by atoms with Crippen LogP contribution in [0, 0.1) is 10.1 Å². The first-order valence-corrected chi connectivity index (χ1v) is 6.66. The van der Waals surface area contributed by atoms with Gasteiger partial charge >= 0.3 is 0 Å². The maximum atomic E-state index is 11.1. The molecular weight excluding hydrogens is 260 g/mol. The molecule has 0 aromatic heterocycles. The summed E-state index contributed by atoms with van der Waals surface area (Å²) in [7, 11) is 3.17. The molecule has 1 rings (SSSR count). The van der Waals surface area contributed by atoms with Gasteiger partial charge in [-0.3, -0.25) is 10.1 Å². The van der Waals surface area contributed by atoms with Crippen molar-refractivity contribution in [2.75, 3.05) is 27.4 Å². The number of hydrogen-bond donors (Lipinski definition) is 1. The summed E-state index contributed by atoms with van der Waals surface area (Å²) in [6.07, 6.45) is 1.53. The molecule has 6 nitrogen and oxygen atoms in total. The molecule has 0 saturated heterocycles. The van der Waals surface area contributed by atoms with Crippen molar-refractivity contribution in [3.05, 3.63) is 33.9 Å². The van der Waals surface area contributed by atoms with E-state index in [0.29, 0.717) is 24.3 Å². The van der Waals surface area contributed by atoms with Crippen LogP contribution in [0.15, 0.2) is 18.2 Å². The summed E-state index contributed by atoms with van der Waals surface area (Å²) in [5.41, 5.74) is 0.769. The second-order valence-corrected chi connectivity index (χ2v) is 4.56. The van der Waals surface area contributed by atoms with Crippen LogP contribution in [-0.4, -0.2) is 38.3 Å². The molecule has 0 fully saturated rings. The molecule has 6 heteroatoms. The zero-order valence-electron chi connectivity index (χ0n) is 12.2. The topological polar surface area (TPSA) is 73.6 Å². The monoisotopic (exact) mass is 282 g/mol. The van der Waals surface area contributed by atoms with Gasteiger partial charge in [0.05, 0.1) is 18.6 Å². The molecule has 0 radical (unpaired) electrons. The average Bonchev–Trinajstić information content (AvgIpc) is 2.44. The lowest BCUT2D eigenvalue weighted by molar-refractivity contribution is -0.385. The van der Waals surface area contributed by atoms with E-state index in [1.807, 2.05) is 0 Å². The number of methoxy groups -OCH3 is 2. The Balaban J connectivity index is 2.93. The molecule has 0 aliphatic heterocycles. The lowest BCUT2D eigenvalue weighted by Gasteiger charge is -2.18. The third kappa shape index (κ3) is 4.79. The van der Waals surface area contributed by atoms with Gasteiger partial charge in [-0.2, -0.15) is 0 Å². The predicted molar refractivity (Wildman–Crippen MR) is 77.3 cm³/mol. The van der Waals surface area contributed by atoms with Crippen LogP contribution in [0.2, 0.25) is 0 Å². The van der Waals surface area contributed by atoms with E-state index < -0.39 is 0 Å². The summed E-state index contributed by atoms with van der Waals surface area (Å²) < 4.78 is 10.3. The van der Waals surface area contributed by atoms with Crippen molar-refractivity contribution < 1.29 is 14.4 Å². The summed E-state index contributed by atoms with van der Waals surface area (Å²) in [6.45, 7) is 3.44. The second-order valence-electron chi connectivity index (χ2n) is 4.56. The molecule has 0 bridgehead atoms. The highest BCUT2D eigenvalue weighted by atomic mass is 16.6. The predicted octanol–water partition coefficient (Wildman–Crippen LogP) is 2.16. The van der Waals surface area contributed by atoms with Gasteiger partial charge in [0, 0.05) is 24.8 Å². The molecule has 0 amide bonds. The van der Waals surface area contributed by atoms with Gasteiger partial charge in [0.2, 0.25) is 0 Å². The zero-order chi connectivity index (χ0) is 15.0. The summed E-state index contributed by atoms with van der Waals surface area (Å²) in [5.74, 6) is 0.622. The molecule has 112 valence electrons. The van der Waals surface area contributed by atoms with Gasteiger partial charge in [-0.1, -0.05) is 6.92 Å². The SMILES string of the molecule is CCCNC(COC)Cc1cc(OC)ccc1[N+](=O)[O-]. The molecule has 1 unspecified atom stereocenters. The van der Waals surface area contributed by atoms with Gasteiger partial charge in [-0.25, -0.2) is 0 Å². The Bertz CT molecular complexity index is 437. The smallest absolute Gasteiger partial charge is 0.272 e. The van der Waals surface area contributed by atoms with E-state index in [1.54, 1.807) is 26.4 Å². The largest absolute Gasteiger partial charge is 0.497 e. The highest BCUT2D eigenvalue weighted by Crippen LogP contribution is 2.25. The highest BCUT2D eigenvalue weighted by molar-refractivity contribution is 5.45. The Labute approximate surface area is 119 Å². The van der Waals surface area contributed by atoms with Crippen molar-refractivity contribution in [2.24, 2.45) is 0 Å². The number of ether oxygens (including phenoxy) is 2. The van der Waals surface area contributed by atoms with Gasteiger partial charge in [0.1, 0.15) is 5.75 Å². The first-order chi connectivity index (χ1) is 9.62. The van der Waals surface area contributed by atoms with E-state index in [2.05, 4.69) is 12.2 Å². The Morgan fingerprint density at radius 3 is 2.70 bits per heavy atom. The number of nitro benzene ring substituents is 1. The van der Waals surface area contributed by atoms with E-state index in [9.17, 15) is 10.1 Å². The van der Waals surface area contributed by atoms with Gasteiger partial charge in [0.15, 0.2) is 0 Å². The summed E-state index contributed by atoms with van der Waals surface area (Å²) >= 11 is 0. The minimum atomic E-state index is -0.363. The van der Waals surface area contributed by atoms with E-state index in [-0.39, 0.29) is 16.7 Å². The molecule has 1 aromatic rings. The minimum absolute atomic E-state index is 0.0470. The Hall–Kier alpha value is -1.66. The fourth-order valence-electron chi connectivity index (χ4n) is 2.04. The summed E-state index contributed by atoms with van der Waals surface area (Å²) in [5, 5.41) is 14.4. The molecular formula is C14H22N2O4. The Kier molecular flexibility index (Phi) is 6.97. The first-order valence-electron chi connectivity index (χ1n) is 6.66. The number of nitrogens with one attached hydrogen (secondary N) is 1. The molecule has 1 N–H and O–H groups in total. The third-order valence-corrected chi connectivity index (χ3v) is 3.00. The minimum Gasteiger partial charge on any atom is -0.497 e. The number of nitrogens with zero attached hydrogens (tertiary/aromatic N) is 1. The van der Waals surface area contributed by atoms with Crippen molar-refractivity contribution in [1.29, 1.82) is 0 Å². The average molecular weight is 282 g/mol. The molecule has 20 heavy (non-hydrogen) atoms. The Morgan fingerprint density at radius 2 is 2.15 bits per heavy atom. The van der Waals surface area contributed by atoms with Gasteiger partial charge < -0.3 is 14.8 Å². The fourth-order valence-corrected chi connectivity index (χ4v) is 2.04. The molecule has 0 saturated carbocycles. The van der Waals surface area contributed by atoms with Crippen molar-refractivity contribution >= 4 is 5.69 Å². The maximum Gasteiger partial charge on any atom is 0.272 e. The lowest BCUT2D eigenvalue weighted by atomic mass is 10.0. The van der Waals surface area contributed by atoms with Gasteiger partial charge in [-0.15, -0.1) is 0 Å². The van der Waals surface area contributed by atoms with Crippen LogP contribution in [-0.2, 0) is 11.2 Å². The number of benzene rings is 1. The second kappa shape index (κ2) is 8.50. The fraction of sp³-hybridized carbons (Fsp3) is 0.571. The molecule has 0 heterocycles. The number of nitro groups is 1. The molecule has 0 spiro atoms. The van der Waals surface area contributed by atoms with Crippen LogP contribution in [0.1, 0.15) is 18.9 Å². The van der Waals surface area contributed by atoms with Crippen LogP contribution in [0.5, 0.6) is 5.75 Å². The molecule has 0 aliphatic rings. The zero-order valence-corrected chi connectivity index (χ0v) is 12.2. The first kappa shape index (κ1) is 16.4. The number of hydrogen-bond acceptors (Lipinski definition) is 5. The van der Waals surface area contributed by atoms with Crippen LogP contribution in [0.4, 0.5) is 5.69 Å². The molecule has 1 aromatic carbocycles. The van der Waals surface area contributed by atoms with Crippen LogP contribution in [0.3, 0.4) is 0 Å². The standard InChI is InChI=1S/C14H22N2O4/c1-4-7-15-12(10-19-2)8-11-9-13(20-3)5-6-14(11)16(17)18/h5-6,9,12,15H,4,7-8,10H2,1-3H3. The van der Waals surface area contributed by atoms with E-state index >= 15 is 0 Å². The molecule has 0 aliphatic carbocycles. The van der Waals surface area contributed by atoms with E-state index in [1.165, 1.54) is 6.07 Å². The van der Waals surface area contributed by atoms with Crippen molar-refractivity contribution in [3.8, 4) is 5.75 Å². The summed E-state index contributed by atoms with van der Waals surface area (Å²) in [6, 6.07) is 4.85. The van der Waals surface area contributed by atoms with Crippen molar-refractivity contribution in [1.82, 2.24) is 5.32 Å². The van der Waals surface area contributed by atoms with E-state index in [0.717, 1.165) is 13.0 Å².